The molecule has 23 heavy (non-hydrogen) atoms. The number of rotatable bonds is 6. The Labute approximate surface area is 159 Å². The molecule has 2 unspecified atom stereocenters. The first-order valence-corrected chi connectivity index (χ1v) is 10.2. The summed E-state index contributed by atoms with van der Waals surface area (Å²) in [5.74, 6) is 2.34. The summed E-state index contributed by atoms with van der Waals surface area (Å²) in [5.41, 5.74) is 0. The quantitative estimate of drug-likeness (QED) is 0.364. The van der Waals surface area contributed by atoms with E-state index >= 15 is 0 Å². The van der Waals surface area contributed by atoms with Crippen LogP contribution in [0.1, 0.15) is 52.9 Å². The SMILES string of the molecule is CN=C(NCCC1CCCC(C)C1)NCC(C)(C)S(C)(=O)=O.I. The van der Waals surface area contributed by atoms with Crippen molar-refractivity contribution in [3.05, 3.63) is 0 Å². The molecule has 0 heterocycles. The van der Waals surface area contributed by atoms with Gasteiger partial charge in [-0.3, -0.25) is 4.99 Å². The van der Waals surface area contributed by atoms with Crippen LogP contribution in [0.2, 0.25) is 0 Å². The maximum atomic E-state index is 11.7. The Morgan fingerprint density at radius 2 is 1.91 bits per heavy atom. The van der Waals surface area contributed by atoms with Crippen LogP contribution >= 0.6 is 24.0 Å². The highest BCUT2D eigenvalue weighted by Gasteiger charge is 2.30. The van der Waals surface area contributed by atoms with Crippen LogP contribution < -0.4 is 10.6 Å². The highest BCUT2D eigenvalue weighted by Crippen LogP contribution is 2.30. The molecule has 0 aliphatic heterocycles. The highest BCUT2D eigenvalue weighted by atomic mass is 127. The molecule has 7 heteroatoms. The molecule has 2 N–H and O–H groups in total. The Hall–Kier alpha value is -0.0500. The molecule has 2 atom stereocenters. The number of sulfone groups is 1. The minimum atomic E-state index is -3.10. The molecule has 0 saturated heterocycles. The predicted molar refractivity (Wildman–Crippen MR) is 109 cm³/mol. The van der Waals surface area contributed by atoms with Crippen LogP contribution in [-0.4, -0.2) is 45.5 Å². The minimum absolute atomic E-state index is 0. The molecule has 0 bridgehead atoms. The first-order valence-electron chi connectivity index (χ1n) is 8.30. The number of guanidine groups is 1. The van der Waals surface area contributed by atoms with Crippen molar-refractivity contribution in [3.63, 3.8) is 0 Å². The lowest BCUT2D eigenvalue weighted by Gasteiger charge is -2.27. The Morgan fingerprint density at radius 1 is 1.26 bits per heavy atom. The molecule has 1 saturated carbocycles. The van der Waals surface area contributed by atoms with E-state index in [1.54, 1.807) is 20.9 Å². The highest BCUT2D eigenvalue weighted by molar-refractivity contribution is 14.0. The zero-order valence-corrected chi connectivity index (χ0v) is 18.3. The van der Waals surface area contributed by atoms with Crippen LogP contribution in [0.5, 0.6) is 0 Å². The fraction of sp³-hybridized carbons (Fsp3) is 0.938. The molecule has 5 nitrogen and oxygen atoms in total. The molecule has 1 aliphatic rings. The lowest BCUT2D eigenvalue weighted by molar-refractivity contribution is 0.270. The van der Waals surface area contributed by atoms with Gasteiger partial charge in [0.2, 0.25) is 0 Å². The predicted octanol–water partition coefficient (Wildman–Crippen LogP) is 2.81. The van der Waals surface area contributed by atoms with Gasteiger partial charge in [0.25, 0.3) is 0 Å². The number of nitrogens with one attached hydrogen (secondary N) is 2. The van der Waals surface area contributed by atoms with Crippen molar-refractivity contribution in [2.75, 3.05) is 26.4 Å². The molecule has 138 valence electrons. The van der Waals surface area contributed by atoms with Gasteiger partial charge in [-0.25, -0.2) is 8.42 Å². The van der Waals surface area contributed by atoms with Gasteiger partial charge in [0.1, 0.15) is 0 Å². The monoisotopic (exact) mass is 459 g/mol. The van der Waals surface area contributed by atoms with Gasteiger partial charge < -0.3 is 10.6 Å². The van der Waals surface area contributed by atoms with Crippen LogP contribution in [0.4, 0.5) is 0 Å². The van der Waals surface area contributed by atoms with Gasteiger partial charge in [-0.15, -0.1) is 24.0 Å². The van der Waals surface area contributed by atoms with E-state index in [1.807, 2.05) is 0 Å². The van der Waals surface area contributed by atoms with Gasteiger partial charge >= 0.3 is 0 Å². The van der Waals surface area contributed by atoms with Crippen molar-refractivity contribution in [2.24, 2.45) is 16.8 Å². The molecular formula is C16H34IN3O2S. The molecule has 0 radical (unpaired) electrons. The summed E-state index contributed by atoms with van der Waals surface area (Å²) in [5, 5.41) is 6.42. The third kappa shape index (κ3) is 8.05. The van der Waals surface area contributed by atoms with Gasteiger partial charge in [0, 0.05) is 26.4 Å². The third-order valence-corrected chi connectivity index (χ3v) is 6.95. The second kappa shape index (κ2) is 10.1. The van der Waals surface area contributed by atoms with E-state index in [0.29, 0.717) is 12.5 Å². The van der Waals surface area contributed by atoms with Gasteiger partial charge in [0.05, 0.1) is 4.75 Å². The first kappa shape index (κ1) is 22.9. The summed E-state index contributed by atoms with van der Waals surface area (Å²) in [7, 11) is -1.38. The van der Waals surface area contributed by atoms with Gasteiger partial charge in [-0.2, -0.15) is 0 Å². The van der Waals surface area contributed by atoms with Gasteiger partial charge in [-0.05, 0) is 38.5 Å². The van der Waals surface area contributed by atoms with E-state index in [1.165, 1.54) is 31.9 Å². The standard InChI is InChI=1S/C16H33N3O2S.HI/c1-13-7-6-8-14(11-13)9-10-18-15(17-4)19-12-16(2,3)22(5,20)21;/h13-14H,6-12H2,1-5H3,(H2,17,18,19);1H. The van der Waals surface area contributed by atoms with Gasteiger partial charge in [0.15, 0.2) is 15.8 Å². The Balaban J connectivity index is 0.00000484. The molecule has 1 aliphatic carbocycles. The van der Waals surface area contributed by atoms with Crippen molar-refractivity contribution < 1.29 is 8.42 Å². The topological polar surface area (TPSA) is 70.6 Å². The number of nitrogens with zero attached hydrogens (tertiary/aromatic N) is 1. The molecule has 0 amide bonds. The molecule has 0 aromatic rings. The van der Waals surface area contributed by atoms with E-state index in [0.717, 1.165) is 24.8 Å². The molecule has 1 fully saturated rings. The summed E-state index contributed by atoms with van der Waals surface area (Å²) in [6.45, 7) is 7.04. The van der Waals surface area contributed by atoms with E-state index < -0.39 is 14.6 Å². The van der Waals surface area contributed by atoms with Crippen molar-refractivity contribution >= 4 is 39.8 Å². The van der Waals surface area contributed by atoms with E-state index in [2.05, 4.69) is 22.5 Å². The molecular weight excluding hydrogens is 425 g/mol. The van der Waals surface area contributed by atoms with E-state index in [9.17, 15) is 8.42 Å². The average Bonchev–Trinajstić information content (AvgIpc) is 2.41. The molecule has 1 rings (SSSR count). The zero-order chi connectivity index (χ0) is 16.8. The summed E-state index contributed by atoms with van der Waals surface area (Å²) in [6.07, 6.45) is 7.80. The normalized spacial score (nSPS) is 23.1. The number of halogens is 1. The van der Waals surface area contributed by atoms with Gasteiger partial charge in [-0.1, -0.05) is 26.2 Å². The van der Waals surface area contributed by atoms with E-state index in [-0.39, 0.29) is 24.0 Å². The second-order valence-corrected chi connectivity index (χ2v) is 9.96. The lowest BCUT2D eigenvalue weighted by Crippen LogP contribution is -2.48. The fourth-order valence-electron chi connectivity index (χ4n) is 2.86. The molecule has 0 spiro atoms. The van der Waals surface area contributed by atoms with Crippen LogP contribution in [0.3, 0.4) is 0 Å². The maximum absolute atomic E-state index is 11.7. The summed E-state index contributed by atoms with van der Waals surface area (Å²) < 4.78 is 22.6. The van der Waals surface area contributed by atoms with Crippen molar-refractivity contribution in [2.45, 2.75) is 57.6 Å². The first-order chi connectivity index (χ1) is 10.2. The number of hydrogen-bond acceptors (Lipinski definition) is 3. The Morgan fingerprint density at radius 3 is 2.43 bits per heavy atom. The Bertz CT molecular complexity index is 478. The van der Waals surface area contributed by atoms with Crippen molar-refractivity contribution in [3.8, 4) is 0 Å². The maximum Gasteiger partial charge on any atom is 0.191 e. The summed E-state index contributed by atoms with van der Waals surface area (Å²) in [6, 6.07) is 0. The van der Waals surface area contributed by atoms with Crippen LogP contribution in [-0.2, 0) is 9.84 Å². The Kier molecular flexibility index (Phi) is 10.0. The largest absolute Gasteiger partial charge is 0.356 e. The number of hydrogen-bond donors (Lipinski definition) is 2. The second-order valence-electron chi connectivity index (χ2n) is 7.31. The molecule has 0 aromatic carbocycles. The summed E-state index contributed by atoms with van der Waals surface area (Å²) >= 11 is 0. The third-order valence-electron chi connectivity index (χ3n) is 4.80. The summed E-state index contributed by atoms with van der Waals surface area (Å²) in [4.78, 5) is 4.17. The van der Waals surface area contributed by atoms with Crippen molar-refractivity contribution in [1.29, 1.82) is 0 Å². The minimum Gasteiger partial charge on any atom is -0.356 e. The van der Waals surface area contributed by atoms with Crippen LogP contribution in [0.25, 0.3) is 0 Å². The smallest absolute Gasteiger partial charge is 0.191 e. The average molecular weight is 459 g/mol. The molecule has 0 aromatic heterocycles. The lowest BCUT2D eigenvalue weighted by atomic mass is 9.81. The number of aliphatic imine (C=N–C) groups is 1. The van der Waals surface area contributed by atoms with E-state index in [4.69, 9.17) is 0 Å². The van der Waals surface area contributed by atoms with Crippen LogP contribution in [0.15, 0.2) is 4.99 Å². The fourth-order valence-corrected chi connectivity index (χ4v) is 3.20. The van der Waals surface area contributed by atoms with Crippen LogP contribution in [0, 0.1) is 11.8 Å². The zero-order valence-electron chi connectivity index (χ0n) is 15.2. The van der Waals surface area contributed by atoms with Crippen molar-refractivity contribution in [1.82, 2.24) is 10.6 Å².